The number of carbonyl (C=O) groups is 1. The van der Waals surface area contributed by atoms with Crippen molar-refractivity contribution in [2.45, 2.75) is 6.54 Å². The monoisotopic (exact) mass is 344 g/mol. The summed E-state index contributed by atoms with van der Waals surface area (Å²) in [6, 6.07) is 15.3. The molecule has 1 N–H and O–H groups in total. The molecular weight excluding hydrogens is 328 g/mol. The molecule has 0 fully saturated rings. The number of benzene rings is 1. The molecule has 0 saturated heterocycles. The second kappa shape index (κ2) is 7.06. The highest BCUT2D eigenvalue weighted by Gasteiger charge is 2.05. The van der Waals surface area contributed by atoms with Crippen molar-refractivity contribution in [2.24, 2.45) is 0 Å². The van der Waals surface area contributed by atoms with Crippen molar-refractivity contribution in [2.75, 3.05) is 0 Å². The number of hydrogen-bond acceptors (Lipinski definition) is 4. The topological polar surface area (TPSA) is 73.0 Å². The SMILES string of the molecule is O=C(C=Cc1ccco1)NCc1ccc(-n2cnc3ccccc32)nc1. The van der Waals surface area contributed by atoms with Gasteiger partial charge in [0, 0.05) is 18.8 Å². The van der Waals surface area contributed by atoms with Crippen LogP contribution < -0.4 is 5.32 Å². The molecule has 6 nitrogen and oxygen atoms in total. The van der Waals surface area contributed by atoms with E-state index in [1.54, 1.807) is 37.0 Å². The van der Waals surface area contributed by atoms with Crippen LogP contribution in [0.3, 0.4) is 0 Å². The molecule has 26 heavy (non-hydrogen) atoms. The molecule has 0 atom stereocenters. The summed E-state index contributed by atoms with van der Waals surface area (Å²) >= 11 is 0. The van der Waals surface area contributed by atoms with Crippen molar-refractivity contribution < 1.29 is 9.21 Å². The minimum atomic E-state index is -0.189. The Bertz CT molecular complexity index is 1050. The molecule has 3 heterocycles. The second-order valence-electron chi connectivity index (χ2n) is 5.69. The standard InChI is InChI=1S/C20H16N4O2/c25-20(10-8-16-4-3-11-26-16)22-13-15-7-9-19(21-12-15)24-14-23-17-5-1-2-6-18(17)24/h1-12,14H,13H2,(H,22,25). The summed E-state index contributed by atoms with van der Waals surface area (Å²) in [5.74, 6) is 1.23. The number of imidazole rings is 1. The van der Waals surface area contributed by atoms with Crippen molar-refractivity contribution >= 4 is 23.0 Å². The molecule has 6 heteroatoms. The van der Waals surface area contributed by atoms with Gasteiger partial charge in [-0.25, -0.2) is 9.97 Å². The van der Waals surface area contributed by atoms with Crippen LogP contribution in [-0.2, 0) is 11.3 Å². The van der Waals surface area contributed by atoms with Gasteiger partial charge in [-0.15, -0.1) is 0 Å². The van der Waals surface area contributed by atoms with E-state index in [1.165, 1.54) is 6.08 Å². The third kappa shape index (κ3) is 3.39. The molecule has 0 spiro atoms. The Morgan fingerprint density at radius 1 is 1.12 bits per heavy atom. The van der Waals surface area contributed by atoms with Crippen LogP contribution in [0.15, 0.2) is 77.8 Å². The largest absolute Gasteiger partial charge is 0.465 e. The summed E-state index contributed by atoms with van der Waals surface area (Å²) in [5.41, 5.74) is 2.84. The number of aromatic nitrogens is 3. The number of nitrogens with zero attached hydrogens (tertiary/aromatic N) is 3. The Morgan fingerprint density at radius 2 is 2.04 bits per heavy atom. The highest BCUT2D eigenvalue weighted by molar-refractivity contribution is 5.91. The van der Waals surface area contributed by atoms with Gasteiger partial charge < -0.3 is 9.73 Å². The van der Waals surface area contributed by atoms with Crippen LogP contribution in [0, 0.1) is 0 Å². The molecule has 1 amide bonds. The normalized spacial score (nSPS) is 11.2. The number of nitrogens with one attached hydrogen (secondary N) is 1. The van der Waals surface area contributed by atoms with E-state index in [1.807, 2.05) is 41.0 Å². The third-order valence-corrected chi connectivity index (χ3v) is 3.92. The van der Waals surface area contributed by atoms with E-state index in [0.717, 1.165) is 22.4 Å². The molecule has 0 bridgehead atoms. The first-order chi connectivity index (χ1) is 12.8. The fraction of sp³-hybridized carbons (Fsp3) is 0.0500. The average Bonchev–Trinajstić information content (AvgIpc) is 3.35. The maximum Gasteiger partial charge on any atom is 0.244 e. The van der Waals surface area contributed by atoms with Crippen LogP contribution in [0.25, 0.3) is 22.9 Å². The van der Waals surface area contributed by atoms with Gasteiger partial charge in [0.2, 0.25) is 5.91 Å². The minimum Gasteiger partial charge on any atom is -0.465 e. The third-order valence-electron chi connectivity index (χ3n) is 3.92. The number of hydrogen-bond donors (Lipinski definition) is 1. The number of fused-ring (bicyclic) bond motifs is 1. The molecule has 0 unspecified atom stereocenters. The molecule has 4 aromatic rings. The van der Waals surface area contributed by atoms with E-state index in [4.69, 9.17) is 4.42 Å². The van der Waals surface area contributed by atoms with Gasteiger partial charge >= 0.3 is 0 Å². The van der Waals surface area contributed by atoms with Crippen molar-refractivity contribution in [3.05, 3.63) is 84.7 Å². The number of amides is 1. The maximum absolute atomic E-state index is 11.8. The summed E-state index contributed by atoms with van der Waals surface area (Å²) in [6.45, 7) is 0.402. The molecule has 4 rings (SSSR count). The number of pyridine rings is 1. The van der Waals surface area contributed by atoms with Crippen molar-refractivity contribution in [3.8, 4) is 5.82 Å². The van der Waals surface area contributed by atoms with Gasteiger partial charge in [0.05, 0.1) is 17.3 Å². The maximum atomic E-state index is 11.8. The molecule has 3 aromatic heterocycles. The number of rotatable bonds is 5. The van der Waals surface area contributed by atoms with E-state index in [2.05, 4.69) is 15.3 Å². The Hall–Kier alpha value is -3.67. The number of para-hydroxylation sites is 2. The van der Waals surface area contributed by atoms with Gasteiger partial charge in [-0.05, 0) is 42.0 Å². The lowest BCUT2D eigenvalue weighted by atomic mass is 10.2. The van der Waals surface area contributed by atoms with Crippen LogP contribution in [0.2, 0.25) is 0 Å². The molecule has 0 radical (unpaired) electrons. The predicted octanol–water partition coefficient (Wildman–Crippen LogP) is 3.34. The van der Waals surface area contributed by atoms with E-state index in [-0.39, 0.29) is 5.91 Å². The summed E-state index contributed by atoms with van der Waals surface area (Å²) in [4.78, 5) is 20.7. The lowest BCUT2D eigenvalue weighted by Gasteiger charge is -2.06. The number of furan rings is 1. The fourth-order valence-corrected chi connectivity index (χ4v) is 2.60. The molecule has 128 valence electrons. The summed E-state index contributed by atoms with van der Waals surface area (Å²) in [7, 11) is 0. The van der Waals surface area contributed by atoms with Gasteiger partial charge in [-0.3, -0.25) is 9.36 Å². The van der Waals surface area contributed by atoms with E-state index in [0.29, 0.717) is 12.3 Å². The Balaban J connectivity index is 1.41. The van der Waals surface area contributed by atoms with Crippen LogP contribution in [0.5, 0.6) is 0 Å². The highest BCUT2D eigenvalue weighted by atomic mass is 16.3. The summed E-state index contributed by atoms with van der Waals surface area (Å²) in [5, 5.41) is 2.82. The number of carbonyl (C=O) groups excluding carboxylic acids is 1. The lowest BCUT2D eigenvalue weighted by molar-refractivity contribution is -0.116. The molecule has 0 aliphatic rings. The summed E-state index contributed by atoms with van der Waals surface area (Å²) < 4.78 is 7.08. The Labute approximate surface area is 149 Å². The second-order valence-corrected chi connectivity index (χ2v) is 5.69. The van der Waals surface area contributed by atoms with Crippen LogP contribution in [-0.4, -0.2) is 20.4 Å². The lowest BCUT2D eigenvalue weighted by Crippen LogP contribution is -2.20. The molecule has 0 aliphatic carbocycles. The predicted molar refractivity (Wildman–Crippen MR) is 98.5 cm³/mol. The quantitative estimate of drug-likeness (QED) is 0.564. The first-order valence-electron chi connectivity index (χ1n) is 8.16. The molecular formula is C20H16N4O2. The summed E-state index contributed by atoms with van der Waals surface area (Å²) in [6.07, 6.45) is 8.14. The average molecular weight is 344 g/mol. The van der Waals surface area contributed by atoms with E-state index in [9.17, 15) is 4.79 Å². The van der Waals surface area contributed by atoms with Gasteiger partial charge in [0.25, 0.3) is 0 Å². The van der Waals surface area contributed by atoms with E-state index >= 15 is 0 Å². The van der Waals surface area contributed by atoms with Gasteiger partial charge in [-0.2, -0.15) is 0 Å². The zero-order chi connectivity index (χ0) is 17.8. The van der Waals surface area contributed by atoms with Gasteiger partial charge in [0.1, 0.15) is 17.9 Å². The van der Waals surface area contributed by atoms with Crippen molar-refractivity contribution in [3.63, 3.8) is 0 Å². The molecule has 1 aromatic carbocycles. The Morgan fingerprint density at radius 3 is 2.85 bits per heavy atom. The van der Waals surface area contributed by atoms with Gasteiger partial charge in [0.15, 0.2) is 0 Å². The Kier molecular flexibility index (Phi) is 4.30. The zero-order valence-corrected chi connectivity index (χ0v) is 13.9. The smallest absolute Gasteiger partial charge is 0.244 e. The van der Waals surface area contributed by atoms with Crippen LogP contribution >= 0.6 is 0 Å². The van der Waals surface area contributed by atoms with Crippen LogP contribution in [0.4, 0.5) is 0 Å². The minimum absolute atomic E-state index is 0.189. The fourth-order valence-electron chi connectivity index (χ4n) is 2.60. The molecule has 0 aliphatic heterocycles. The highest BCUT2D eigenvalue weighted by Crippen LogP contribution is 2.16. The van der Waals surface area contributed by atoms with Crippen LogP contribution in [0.1, 0.15) is 11.3 Å². The first kappa shape index (κ1) is 15.8. The van der Waals surface area contributed by atoms with Crippen molar-refractivity contribution in [1.82, 2.24) is 19.9 Å². The first-order valence-corrected chi connectivity index (χ1v) is 8.16. The van der Waals surface area contributed by atoms with Gasteiger partial charge in [-0.1, -0.05) is 18.2 Å². The van der Waals surface area contributed by atoms with Crippen molar-refractivity contribution in [1.29, 1.82) is 0 Å². The zero-order valence-electron chi connectivity index (χ0n) is 13.9. The van der Waals surface area contributed by atoms with E-state index < -0.39 is 0 Å². The molecule has 0 saturated carbocycles.